The molecular weight excluding hydrogens is 288 g/mol. The molecule has 0 unspecified atom stereocenters. The molecular formula is C18H30N4O. The summed E-state index contributed by atoms with van der Waals surface area (Å²) in [5, 5.41) is 4.45. The van der Waals surface area contributed by atoms with E-state index in [9.17, 15) is 4.79 Å². The topological polar surface area (TPSA) is 41.4 Å². The fourth-order valence-electron chi connectivity index (χ4n) is 3.97. The van der Waals surface area contributed by atoms with E-state index in [4.69, 9.17) is 0 Å². The number of hydrogen-bond donors (Lipinski definition) is 0. The standard InChI is InChI=1S/C18H30N4O/c1-14-11-16(3)22(19-14)10-6-8-18(23)20-12-17(13-20)21-9-5-4-7-15(21)2/h11,15,17H,4-10,12-13H2,1-3H3/t15-/m1/s1. The summed E-state index contributed by atoms with van der Waals surface area (Å²) >= 11 is 0. The van der Waals surface area contributed by atoms with Crippen LogP contribution in [0.1, 0.15) is 50.4 Å². The minimum absolute atomic E-state index is 0.312. The Morgan fingerprint density at radius 1 is 1.30 bits per heavy atom. The molecule has 1 amide bonds. The van der Waals surface area contributed by atoms with E-state index in [2.05, 4.69) is 29.9 Å². The van der Waals surface area contributed by atoms with E-state index in [0.29, 0.717) is 24.4 Å². The predicted octanol–water partition coefficient (Wildman–Crippen LogP) is 2.37. The second kappa shape index (κ2) is 7.04. The highest BCUT2D eigenvalue weighted by Crippen LogP contribution is 2.24. The molecule has 1 aromatic rings. The van der Waals surface area contributed by atoms with Crippen LogP contribution in [0.3, 0.4) is 0 Å². The Balaban J connectivity index is 1.38. The third-order valence-corrected chi connectivity index (χ3v) is 5.40. The van der Waals surface area contributed by atoms with E-state index in [1.165, 1.54) is 31.5 Å². The minimum Gasteiger partial charge on any atom is -0.339 e. The van der Waals surface area contributed by atoms with Crippen LogP contribution in [-0.4, -0.2) is 57.2 Å². The monoisotopic (exact) mass is 318 g/mol. The fraction of sp³-hybridized carbons (Fsp3) is 0.778. The van der Waals surface area contributed by atoms with Gasteiger partial charge in [-0.2, -0.15) is 5.10 Å². The van der Waals surface area contributed by atoms with Crippen molar-refractivity contribution in [1.29, 1.82) is 0 Å². The molecule has 2 fully saturated rings. The molecule has 0 bridgehead atoms. The minimum atomic E-state index is 0.312. The highest BCUT2D eigenvalue weighted by atomic mass is 16.2. The highest BCUT2D eigenvalue weighted by molar-refractivity contribution is 5.77. The lowest BCUT2D eigenvalue weighted by atomic mass is 9.97. The number of carbonyl (C=O) groups is 1. The third-order valence-electron chi connectivity index (χ3n) is 5.40. The van der Waals surface area contributed by atoms with E-state index in [0.717, 1.165) is 31.7 Å². The molecule has 3 rings (SSSR count). The molecule has 0 spiro atoms. The first-order valence-corrected chi connectivity index (χ1v) is 9.09. The van der Waals surface area contributed by atoms with Crippen LogP contribution in [0.25, 0.3) is 0 Å². The van der Waals surface area contributed by atoms with Crippen LogP contribution in [0.15, 0.2) is 6.07 Å². The summed E-state index contributed by atoms with van der Waals surface area (Å²) in [6.45, 7) is 10.3. The van der Waals surface area contributed by atoms with Crippen molar-refractivity contribution in [3.63, 3.8) is 0 Å². The number of nitrogens with zero attached hydrogens (tertiary/aromatic N) is 4. The van der Waals surface area contributed by atoms with Crippen molar-refractivity contribution in [3.8, 4) is 0 Å². The third kappa shape index (κ3) is 3.77. The molecule has 2 aliphatic rings. The summed E-state index contributed by atoms with van der Waals surface area (Å²) in [6.07, 6.45) is 5.51. The van der Waals surface area contributed by atoms with Crippen molar-refractivity contribution in [1.82, 2.24) is 19.6 Å². The number of hydrogen-bond acceptors (Lipinski definition) is 3. The Bertz CT molecular complexity index is 547. The normalized spacial score (nSPS) is 23.1. The van der Waals surface area contributed by atoms with Crippen molar-refractivity contribution < 1.29 is 4.79 Å². The molecule has 0 N–H and O–H groups in total. The molecule has 1 atom stereocenters. The lowest BCUT2D eigenvalue weighted by molar-refractivity contribution is -0.140. The Hall–Kier alpha value is -1.36. The Labute approximate surface area is 139 Å². The van der Waals surface area contributed by atoms with Gasteiger partial charge in [0.25, 0.3) is 0 Å². The van der Waals surface area contributed by atoms with Crippen LogP contribution in [-0.2, 0) is 11.3 Å². The van der Waals surface area contributed by atoms with E-state index in [-0.39, 0.29) is 0 Å². The smallest absolute Gasteiger partial charge is 0.222 e. The average molecular weight is 318 g/mol. The predicted molar refractivity (Wildman–Crippen MR) is 91.3 cm³/mol. The molecule has 0 aliphatic carbocycles. The summed E-state index contributed by atoms with van der Waals surface area (Å²) in [6, 6.07) is 3.38. The second-order valence-electron chi connectivity index (χ2n) is 7.29. The molecule has 5 heteroatoms. The zero-order chi connectivity index (χ0) is 16.4. The van der Waals surface area contributed by atoms with Gasteiger partial charge in [0, 0.05) is 43.8 Å². The first-order valence-electron chi connectivity index (χ1n) is 9.09. The lowest BCUT2D eigenvalue weighted by Crippen LogP contribution is -2.63. The van der Waals surface area contributed by atoms with Crippen LogP contribution in [0.2, 0.25) is 0 Å². The van der Waals surface area contributed by atoms with Gasteiger partial charge in [-0.05, 0) is 52.6 Å². The molecule has 5 nitrogen and oxygen atoms in total. The maximum Gasteiger partial charge on any atom is 0.222 e. The van der Waals surface area contributed by atoms with E-state index in [1.807, 2.05) is 16.5 Å². The molecule has 2 aliphatic heterocycles. The maximum atomic E-state index is 12.3. The molecule has 2 saturated heterocycles. The van der Waals surface area contributed by atoms with E-state index >= 15 is 0 Å². The fourth-order valence-corrected chi connectivity index (χ4v) is 3.97. The Morgan fingerprint density at radius 3 is 2.74 bits per heavy atom. The van der Waals surface area contributed by atoms with Crippen molar-refractivity contribution in [2.45, 2.75) is 71.5 Å². The zero-order valence-corrected chi connectivity index (χ0v) is 14.8. The first kappa shape index (κ1) is 16.5. The number of aromatic nitrogens is 2. The summed E-state index contributed by atoms with van der Waals surface area (Å²) in [5.74, 6) is 0.312. The molecule has 0 saturated carbocycles. The SMILES string of the molecule is Cc1cc(C)n(CCCC(=O)N2CC(N3CCCC[C@H]3C)C2)n1. The first-order chi connectivity index (χ1) is 11.0. The summed E-state index contributed by atoms with van der Waals surface area (Å²) in [7, 11) is 0. The maximum absolute atomic E-state index is 12.3. The van der Waals surface area contributed by atoms with Crippen LogP contribution in [0, 0.1) is 13.8 Å². The van der Waals surface area contributed by atoms with Crippen LogP contribution < -0.4 is 0 Å². The van der Waals surface area contributed by atoms with Crippen LogP contribution in [0.4, 0.5) is 0 Å². The van der Waals surface area contributed by atoms with Crippen molar-refractivity contribution >= 4 is 5.91 Å². The number of amides is 1. The summed E-state index contributed by atoms with van der Waals surface area (Å²) in [5.41, 5.74) is 2.23. The molecule has 1 aromatic heterocycles. The summed E-state index contributed by atoms with van der Waals surface area (Å²) < 4.78 is 2.01. The lowest BCUT2D eigenvalue weighted by Gasteiger charge is -2.49. The number of piperidine rings is 1. The van der Waals surface area contributed by atoms with Crippen LogP contribution >= 0.6 is 0 Å². The van der Waals surface area contributed by atoms with Crippen molar-refractivity contribution in [3.05, 3.63) is 17.5 Å². The van der Waals surface area contributed by atoms with Gasteiger partial charge >= 0.3 is 0 Å². The van der Waals surface area contributed by atoms with Gasteiger partial charge in [0.15, 0.2) is 0 Å². The largest absolute Gasteiger partial charge is 0.339 e. The zero-order valence-electron chi connectivity index (χ0n) is 14.8. The van der Waals surface area contributed by atoms with E-state index < -0.39 is 0 Å². The van der Waals surface area contributed by atoms with Crippen molar-refractivity contribution in [2.75, 3.05) is 19.6 Å². The number of likely N-dealkylation sites (tertiary alicyclic amines) is 2. The van der Waals surface area contributed by atoms with Gasteiger partial charge in [0.2, 0.25) is 5.91 Å². The van der Waals surface area contributed by atoms with Gasteiger partial charge in [-0.25, -0.2) is 0 Å². The Kier molecular flexibility index (Phi) is 5.05. The van der Waals surface area contributed by atoms with Gasteiger partial charge < -0.3 is 4.90 Å². The van der Waals surface area contributed by atoms with Crippen LogP contribution in [0.5, 0.6) is 0 Å². The Morgan fingerprint density at radius 2 is 2.09 bits per heavy atom. The van der Waals surface area contributed by atoms with Gasteiger partial charge in [0.1, 0.15) is 0 Å². The van der Waals surface area contributed by atoms with E-state index in [1.54, 1.807) is 0 Å². The molecule has 128 valence electrons. The number of aryl methyl sites for hydroxylation is 3. The summed E-state index contributed by atoms with van der Waals surface area (Å²) in [4.78, 5) is 16.9. The van der Waals surface area contributed by atoms with Gasteiger partial charge in [-0.15, -0.1) is 0 Å². The highest BCUT2D eigenvalue weighted by Gasteiger charge is 2.36. The number of rotatable bonds is 5. The molecule has 0 aromatic carbocycles. The molecule has 23 heavy (non-hydrogen) atoms. The number of carbonyl (C=O) groups excluding carboxylic acids is 1. The molecule has 0 radical (unpaired) electrons. The van der Waals surface area contributed by atoms with Gasteiger partial charge in [-0.3, -0.25) is 14.4 Å². The van der Waals surface area contributed by atoms with Gasteiger partial charge in [0.05, 0.1) is 5.69 Å². The average Bonchev–Trinajstić information content (AvgIpc) is 2.77. The molecule has 3 heterocycles. The second-order valence-corrected chi connectivity index (χ2v) is 7.29. The quantitative estimate of drug-likeness (QED) is 0.837. The van der Waals surface area contributed by atoms with Gasteiger partial charge in [-0.1, -0.05) is 6.42 Å². The van der Waals surface area contributed by atoms with Crippen molar-refractivity contribution in [2.24, 2.45) is 0 Å².